The first kappa shape index (κ1) is 14.8. The van der Waals surface area contributed by atoms with Crippen molar-refractivity contribution in [1.29, 1.82) is 0 Å². The normalized spacial score (nSPS) is 16.2. The molecule has 1 aliphatic heterocycles. The first-order valence-electron chi connectivity index (χ1n) is 7.61. The van der Waals surface area contributed by atoms with Crippen LogP contribution in [0.4, 0.5) is 0 Å². The number of nitrogens with zero attached hydrogens (tertiary/aromatic N) is 3. The van der Waals surface area contributed by atoms with Gasteiger partial charge in [-0.3, -0.25) is 14.5 Å². The van der Waals surface area contributed by atoms with Crippen LogP contribution >= 0.6 is 0 Å². The van der Waals surface area contributed by atoms with E-state index in [2.05, 4.69) is 4.90 Å². The van der Waals surface area contributed by atoms with Gasteiger partial charge in [-0.1, -0.05) is 18.2 Å². The minimum absolute atomic E-state index is 0.111. The van der Waals surface area contributed by atoms with E-state index in [1.165, 1.54) is 0 Å². The second kappa shape index (κ2) is 5.93. The second-order valence-corrected chi connectivity index (χ2v) is 5.88. The number of amides is 1. The summed E-state index contributed by atoms with van der Waals surface area (Å²) in [4.78, 5) is 27.9. The van der Waals surface area contributed by atoms with E-state index in [4.69, 9.17) is 0 Å². The molecule has 5 heteroatoms. The quantitative estimate of drug-likeness (QED) is 0.807. The minimum atomic E-state index is 0.111. The molecule has 0 bridgehead atoms. The summed E-state index contributed by atoms with van der Waals surface area (Å²) in [6.07, 6.45) is 1.92. The molecule has 0 aliphatic carbocycles. The summed E-state index contributed by atoms with van der Waals surface area (Å²) < 4.78 is 2.00. The van der Waals surface area contributed by atoms with E-state index in [0.717, 1.165) is 29.6 Å². The van der Waals surface area contributed by atoms with E-state index in [0.29, 0.717) is 19.6 Å². The number of hydrogen-bond donors (Lipinski definition) is 0. The van der Waals surface area contributed by atoms with Crippen molar-refractivity contribution in [3.05, 3.63) is 36.0 Å². The monoisotopic (exact) mass is 299 g/mol. The number of carbonyl (C=O) groups is 2. The van der Waals surface area contributed by atoms with Crippen LogP contribution in [0.1, 0.15) is 17.3 Å². The van der Waals surface area contributed by atoms with E-state index < -0.39 is 0 Å². The number of piperazine rings is 1. The fourth-order valence-electron chi connectivity index (χ4n) is 3.07. The first-order chi connectivity index (χ1) is 10.6. The highest BCUT2D eigenvalue weighted by Crippen LogP contribution is 2.21. The molecule has 0 N–H and O–H groups in total. The van der Waals surface area contributed by atoms with Gasteiger partial charge >= 0.3 is 0 Å². The molecular weight excluding hydrogens is 278 g/mol. The largest absolute Gasteiger partial charge is 0.350 e. The molecule has 1 saturated heterocycles. The number of hydrogen-bond acceptors (Lipinski definition) is 3. The van der Waals surface area contributed by atoms with E-state index in [-0.39, 0.29) is 11.7 Å². The SMILES string of the molecule is CC(=O)N1CCN(CC(=O)c2cn(C)c3ccccc23)CC1. The smallest absolute Gasteiger partial charge is 0.219 e. The van der Waals surface area contributed by atoms with Gasteiger partial charge in [0.25, 0.3) is 0 Å². The van der Waals surface area contributed by atoms with Crippen molar-refractivity contribution in [1.82, 2.24) is 14.4 Å². The molecule has 1 aromatic carbocycles. The van der Waals surface area contributed by atoms with Gasteiger partial charge in [-0.2, -0.15) is 0 Å². The number of rotatable bonds is 3. The molecule has 0 saturated carbocycles. The van der Waals surface area contributed by atoms with Crippen LogP contribution in [0.3, 0.4) is 0 Å². The Morgan fingerprint density at radius 1 is 1.09 bits per heavy atom. The average Bonchev–Trinajstić information content (AvgIpc) is 2.86. The van der Waals surface area contributed by atoms with Gasteiger partial charge in [0.2, 0.25) is 5.91 Å². The van der Waals surface area contributed by atoms with Gasteiger partial charge in [-0.05, 0) is 6.07 Å². The molecule has 1 amide bonds. The Bertz CT molecular complexity index is 712. The predicted octanol–water partition coefficient (Wildman–Crippen LogP) is 1.53. The third-order valence-corrected chi connectivity index (χ3v) is 4.38. The summed E-state index contributed by atoms with van der Waals surface area (Å²) in [6.45, 7) is 4.94. The van der Waals surface area contributed by atoms with Crippen molar-refractivity contribution in [2.24, 2.45) is 7.05 Å². The molecule has 1 aliphatic rings. The molecule has 0 radical (unpaired) electrons. The topological polar surface area (TPSA) is 45.6 Å². The highest BCUT2D eigenvalue weighted by Gasteiger charge is 2.22. The van der Waals surface area contributed by atoms with Gasteiger partial charge in [0, 0.05) is 62.8 Å². The average molecular weight is 299 g/mol. The predicted molar refractivity (Wildman–Crippen MR) is 85.9 cm³/mol. The van der Waals surface area contributed by atoms with Crippen LogP contribution in [0.5, 0.6) is 0 Å². The molecule has 0 atom stereocenters. The van der Waals surface area contributed by atoms with Crippen LogP contribution in [-0.2, 0) is 11.8 Å². The molecular formula is C17H21N3O2. The van der Waals surface area contributed by atoms with Crippen LogP contribution in [0.2, 0.25) is 0 Å². The lowest BCUT2D eigenvalue weighted by Gasteiger charge is -2.33. The second-order valence-electron chi connectivity index (χ2n) is 5.88. The Balaban J connectivity index is 1.71. The number of aromatic nitrogens is 1. The molecule has 22 heavy (non-hydrogen) atoms. The van der Waals surface area contributed by atoms with E-state index in [9.17, 15) is 9.59 Å². The van der Waals surface area contributed by atoms with Crippen molar-refractivity contribution in [3.63, 3.8) is 0 Å². The molecule has 1 fully saturated rings. The molecule has 2 heterocycles. The summed E-state index contributed by atoms with van der Waals surface area (Å²) in [5.41, 5.74) is 1.86. The van der Waals surface area contributed by atoms with E-state index in [1.807, 2.05) is 47.0 Å². The van der Waals surface area contributed by atoms with E-state index >= 15 is 0 Å². The number of aryl methyl sites for hydroxylation is 1. The number of benzene rings is 1. The molecule has 116 valence electrons. The van der Waals surface area contributed by atoms with Gasteiger partial charge in [0.1, 0.15) is 0 Å². The maximum Gasteiger partial charge on any atom is 0.219 e. The van der Waals surface area contributed by atoms with Gasteiger partial charge in [0.15, 0.2) is 5.78 Å². The van der Waals surface area contributed by atoms with E-state index in [1.54, 1.807) is 6.92 Å². The number of carbonyl (C=O) groups excluding carboxylic acids is 2. The van der Waals surface area contributed by atoms with Crippen molar-refractivity contribution < 1.29 is 9.59 Å². The Morgan fingerprint density at radius 2 is 1.77 bits per heavy atom. The zero-order chi connectivity index (χ0) is 15.7. The number of fused-ring (bicyclic) bond motifs is 1. The minimum Gasteiger partial charge on any atom is -0.350 e. The maximum atomic E-state index is 12.6. The van der Waals surface area contributed by atoms with Crippen molar-refractivity contribution in [2.45, 2.75) is 6.92 Å². The lowest BCUT2D eigenvalue weighted by atomic mass is 10.1. The Morgan fingerprint density at radius 3 is 2.45 bits per heavy atom. The lowest BCUT2D eigenvalue weighted by Crippen LogP contribution is -2.49. The molecule has 0 spiro atoms. The first-order valence-corrected chi connectivity index (χ1v) is 7.61. The highest BCUT2D eigenvalue weighted by molar-refractivity contribution is 6.09. The van der Waals surface area contributed by atoms with Crippen LogP contribution in [0.15, 0.2) is 30.5 Å². The molecule has 3 rings (SSSR count). The Hall–Kier alpha value is -2.14. The van der Waals surface area contributed by atoms with Gasteiger partial charge in [0.05, 0.1) is 6.54 Å². The number of ketones is 1. The third kappa shape index (κ3) is 2.76. The lowest BCUT2D eigenvalue weighted by molar-refractivity contribution is -0.130. The fraction of sp³-hybridized carbons (Fsp3) is 0.412. The van der Waals surface area contributed by atoms with Crippen molar-refractivity contribution in [3.8, 4) is 0 Å². The molecule has 2 aromatic rings. The summed E-state index contributed by atoms with van der Waals surface area (Å²) in [6, 6.07) is 7.97. The van der Waals surface area contributed by atoms with Crippen LogP contribution < -0.4 is 0 Å². The molecule has 5 nitrogen and oxygen atoms in total. The van der Waals surface area contributed by atoms with Crippen molar-refractivity contribution >= 4 is 22.6 Å². The molecule has 1 aromatic heterocycles. The zero-order valence-corrected chi connectivity index (χ0v) is 13.1. The Kier molecular flexibility index (Phi) is 3.98. The maximum absolute atomic E-state index is 12.6. The summed E-state index contributed by atoms with van der Waals surface area (Å²) in [5, 5.41) is 1.01. The van der Waals surface area contributed by atoms with Crippen LogP contribution in [0, 0.1) is 0 Å². The van der Waals surface area contributed by atoms with Gasteiger partial charge in [-0.25, -0.2) is 0 Å². The standard InChI is InChI=1S/C17H21N3O2/c1-13(21)20-9-7-19(8-10-20)12-17(22)15-11-18(2)16-6-4-3-5-14(15)16/h3-6,11H,7-10,12H2,1-2H3. The molecule has 0 unspecified atom stereocenters. The van der Waals surface area contributed by atoms with Gasteiger partial charge < -0.3 is 9.47 Å². The summed E-state index contributed by atoms with van der Waals surface area (Å²) in [5.74, 6) is 0.258. The zero-order valence-electron chi connectivity index (χ0n) is 13.1. The van der Waals surface area contributed by atoms with Crippen LogP contribution in [-0.4, -0.2) is 58.8 Å². The van der Waals surface area contributed by atoms with Crippen molar-refractivity contribution in [2.75, 3.05) is 32.7 Å². The number of para-hydroxylation sites is 1. The van der Waals surface area contributed by atoms with Crippen LogP contribution in [0.25, 0.3) is 10.9 Å². The summed E-state index contributed by atoms with van der Waals surface area (Å²) in [7, 11) is 1.96. The Labute approximate surface area is 130 Å². The fourth-order valence-corrected chi connectivity index (χ4v) is 3.07. The number of Topliss-reactive ketones (excluding diaryl/α,β-unsaturated/α-hetero) is 1. The summed E-state index contributed by atoms with van der Waals surface area (Å²) >= 11 is 0. The highest BCUT2D eigenvalue weighted by atomic mass is 16.2. The third-order valence-electron chi connectivity index (χ3n) is 4.38. The van der Waals surface area contributed by atoms with Gasteiger partial charge in [-0.15, -0.1) is 0 Å².